The number of hydrogen-bond donors (Lipinski definition) is 1. The number of likely N-dealkylation sites (N-methyl/N-ethyl adjacent to an activating group) is 1. The van der Waals surface area contributed by atoms with Gasteiger partial charge in [-0.1, -0.05) is 29.8 Å². The average Bonchev–Trinajstić information content (AvgIpc) is 2.77. The van der Waals surface area contributed by atoms with Crippen molar-refractivity contribution in [3.63, 3.8) is 0 Å². The molecule has 1 aromatic carbocycles. The van der Waals surface area contributed by atoms with E-state index in [0.29, 0.717) is 12.0 Å². The van der Waals surface area contributed by atoms with Gasteiger partial charge in [0, 0.05) is 31.3 Å². The van der Waals surface area contributed by atoms with Crippen molar-refractivity contribution in [3.05, 3.63) is 47.0 Å². The summed E-state index contributed by atoms with van der Waals surface area (Å²) in [6.45, 7) is 4.75. The highest BCUT2D eigenvalue weighted by Gasteiger charge is 2.17. The third-order valence-corrected chi connectivity index (χ3v) is 3.04. The predicted molar refractivity (Wildman–Crippen MR) is 72.3 cm³/mol. The van der Waals surface area contributed by atoms with Crippen molar-refractivity contribution in [2.75, 3.05) is 6.54 Å². The Labute approximate surface area is 112 Å². The molecule has 2 rings (SSSR count). The standard InChI is InChI=1S/C14H19FN4/c1-4-16-14(8-11-9-19(3)18-17-11)12-7-10(2)5-6-13(12)15/h5-7,9,14,16H,4,8H2,1-3H3. The van der Waals surface area contributed by atoms with E-state index in [2.05, 4.69) is 15.6 Å². The third-order valence-electron chi connectivity index (χ3n) is 3.04. The monoisotopic (exact) mass is 262 g/mol. The summed E-state index contributed by atoms with van der Waals surface area (Å²) < 4.78 is 15.6. The molecule has 0 bridgehead atoms. The second-order valence-corrected chi connectivity index (χ2v) is 4.72. The number of aryl methyl sites for hydroxylation is 2. The highest BCUT2D eigenvalue weighted by Crippen LogP contribution is 2.21. The fourth-order valence-corrected chi connectivity index (χ4v) is 2.17. The largest absolute Gasteiger partial charge is 0.310 e. The van der Waals surface area contributed by atoms with E-state index >= 15 is 0 Å². The summed E-state index contributed by atoms with van der Waals surface area (Å²) in [5.74, 6) is -0.180. The van der Waals surface area contributed by atoms with Crippen LogP contribution >= 0.6 is 0 Å². The molecule has 2 aromatic rings. The maximum Gasteiger partial charge on any atom is 0.128 e. The molecule has 4 nitrogen and oxygen atoms in total. The van der Waals surface area contributed by atoms with Crippen LogP contribution in [0.5, 0.6) is 0 Å². The molecule has 1 N–H and O–H groups in total. The SMILES string of the molecule is CCNC(Cc1cn(C)nn1)c1cc(C)ccc1F. The van der Waals surface area contributed by atoms with Gasteiger partial charge >= 0.3 is 0 Å². The van der Waals surface area contributed by atoms with Gasteiger partial charge in [-0.05, 0) is 19.5 Å². The van der Waals surface area contributed by atoms with Gasteiger partial charge < -0.3 is 5.32 Å². The second kappa shape index (κ2) is 5.93. The predicted octanol–water partition coefficient (Wildman–Crippen LogP) is 2.16. The molecule has 0 aliphatic carbocycles. The second-order valence-electron chi connectivity index (χ2n) is 4.72. The van der Waals surface area contributed by atoms with Crippen LogP contribution in [0.4, 0.5) is 4.39 Å². The zero-order chi connectivity index (χ0) is 13.8. The quantitative estimate of drug-likeness (QED) is 0.898. The molecule has 1 atom stereocenters. The number of hydrogen-bond acceptors (Lipinski definition) is 3. The van der Waals surface area contributed by atoms with Gasteiger partial charge in [0.2, 0.25) is 0 Å². The van der Waals surface area contributed by atoms with Crippen LogP contribution in [0, 0.1) is 12.7 Å². The van der Waals surface area contributed by atoms with Crippen LogP contribution in [-0.4, -0.2) is 21.5 Å². The van der Waals surface area contributed by atoms with Gasteiger partial charge in [-0.25, -0.2) is 4.39 Å². The Bertz CT molecular complexity index is 550. The summed E-state index contributed by atoms with van der Waals surface area (Å²) in [5, 5.41) is 11.3. The minimum atomic E-state index is -0.180. The van der Waals surface area contributed by atoms with Crippen molar-refractivity contribution in [2.45, 2.75) is 26.3 Å². The lowest BCUT2D eigenvalue weighted by molar-refractivity contribution is 0.505. The lowest BCUT2D eigenvalue weighted by atomic mass is 9.99. The van der Waals surface area contributed by atoms with Crippen molar-refractivity contribution in [1.82, 2.24) is 20.3 Å². The van der Waals surface area contributed by atoms with Crippen LogP contribution in [-0.2, 0) is 13.5 Å². The van der Waals surface area contributed by atoms with E-state index < -0.39 is 0 Å². The number of halogens is 1. The molecule has 1 unspecified atom stereocenters. The van der Waals surface area contributed by atoms with Gasteiger partial charge in [-0.3, -0.25) is 4.68 Å². The Morgan fingerprint density at radius 2 is 2.21 bits per heavy atom. The van der Waals surface area contributed by atoms with Crippen molar-refractivity contribution in [2.24, 2.45) is 7.05 Å². The van der Waals surface area contributed by atoms with Crippen molar-refractivity contribution in [3.8, 4) is 0 Å². The van der Waals surface area contributed by atoms with Gasteiger partial charge in [0.15, 0.2) is 0 Å². The fraction of sp³-hybridized carbons (Fsp3) is 0.429. The maximum absolute atomic E-state index is 14.0. The van der Waals surface area contributed by atoms with E-state index in [9.17, 15) is 4.39 Å². The Balaban J connectivity index is 2.26. The summed E-state index contributed by atoms with van der Waals surface area (Å²) in [5.41, 5.74) is 2.60. The molecule has 0 radical (unpaired) electrons. The van der Waals surface area contributed by atoms with Gasteiger partial charge in [-0.15, -0.1) is 5.10 Å². The first kappa shape index (κ1) is 13.7. The fourth-order valence-electron chi connectivity index (χ4n) is 2.17. The molecular weight excluding hydrogens is 243 g/mol. The molecule has 0 saturated carbocycles. The number of nitrogens with zero attached hydrogens (tertiary/aromatic N) is 3. The summed E-state index contributed by atoms with van der Waals surface area (Å²) in [4.78, 5) is 0. The number of nitrogens with one attached hydrogen (secondary N) is 1. The van der Waals surface area contributed by atoms with Crippen LogP contribution in [0.2, 0.25) is 0 Å². The van der Waals surface area contributed by atoms with Crippen LogP contribution < -0.4 is 5.32 Å². The molecule has 1 aromatic heterocycles. The maximum atomic E-state index is 14.0. The smallest absolute Gasteiger partial charge is 0.128 e. The first-order valence-electron chi connectivity index (χ1n) is 6.44. The Morgan fingerprint density at radius 3 is 2.84 bits per heavy atom. The lowest BCUT2D eigenvalue weighted by Crippen LogP contribution is -2.24. The molecular formula is C14H19FN4. The molecule has 0 fully saturated rings. The molecule has 0 spiro atoms. The number of aromatic nitrogens is 3. The third kappa shape index (κ3) is 3.38. The lowest BCUT2D eigenvalue weighted by Gasteiger charge is -2.18. The van der Waals surface area contributed by atoms with E-state index in [1.165, 1.54) is 6.07 Å². The highest BCUT2D eigenvalue weighted by molar-refractivity contribution is 5.27. The molecule has 0 aliphatic heterocycles. The molecule has 0 aliphatic rings. The summed E-state index contributed by atoms with van der Waals surface area (Å²) >= 11 is 0. The highest BCUT2D eigenvalue weighted by atomic mass is 19.1. The molecule has 5 heteroatoms. The Morgan fingerprint density at radius 1 is 1.42 bits per heavy atom. The van der Waals surface area contributed by atoms with E-state index in [0.717, 1.165) is 17.8 Å². The van der Waals surface area contributed by atoms with Gasteiger partial charge in [0.25, 0.3) is 0 Å². The zero-order valence-corrected chi connectivity index (χ0v) is 11.5. The normalized spacial score (nSPS) is 12.6. The summed E-state index contributed by atoms with van der Waals surface area (Å²) in [6.07, 6.45) is 2.49. The summed E-state index contributed by atoms with van der Waals surface area (Å²) in [6, 6.07) is 5.11. The van der Waals surface area contributed by atoms with Crippen LogP contribution in [0.1, 0.15) is 29.8 Å². The minimum Gasteiger partial charge on any atom is -0.310 e. The van der Waals surface area contributed by atoms with Crippen molar-refractivity contribution < 1.29 is 4.39 Å². The molecule has 102 valence electrons. The van der Waals surface area contributed by atoms with Gasteiger partial charge in [0.1, 0.15) is 5.82 Å². The van der Waals surface area contributed by atoms with Crippen molar-refractivity contribution >= 4 is 0 Å². The average molecular weight is 262 g/mol. The topological polar surface area (TPSA) is 42.7 Å². The molecule has 0 saturated heterocycles. The van der Waals surface area contributed by atoms with Crippen LogP contribution in [0.15, 0.2) is 24.4 Å². The van der Waals surface area contributed by atoms with E-state index in [4.69, 9.17) is 0 Å². The molecule has 1 heterocycles. The summed E-state index contributed by atoms with van der Waals surface area (Å²) in [7, 11) is 1.83. The Hall–Kier alpha value is -1.75. The first-order valence-corrected chi connectivity index (χ1v) is 6.44. The van der Waals surface area contributed by atoms with Crippen LogP contribution in [0.3, 0.4) is 0 Å². The van der Waals surface area contributed by atoms with Gasteiger partial charge in [-0.2, -0.15) is 0 Å². The van der Waals surface area contributed by atoms with E-state index in [-0.39, 0.29) is 11.9 Å². The molecule has 0 amide bonds. The Kier molecular flexibility index (Phi) is 4.27. The van der Waals surface area contributed by atoms with Crippen LogP contribution in [0.25, 0.3) is 0 Å². The molecule has 19 heavy (non-hydrogen) atoms. The van der Waals surface area contributed by atoms with E-state index in [1.54, 1.807) is 10.7 Å². The minimum absolute atomic E-state index is 0.0819. The zero-order valence-electron chi connectivity index (χ0n) is 11.5. The number of rotatable bonds is 5. The first-order chi connectivity index (χ1) is 9.10. The van der Waals surface area contributed by atoms with Gasteiger partial charge in [0.05, 0.1) is 5.69 Å². The van der Waals surface area contributed by atoms with Crippen molar-refractivity contribution in [1.29, 1.82) is 0 Å². The number of benzene rings is 1. The van der Waals surface area contributed by atoms with E-state index in [1.807, 2.05) is 33.2 Å².